The Morgan fingerprint density at radius 3 is 2.50 bits per heavy atom. The van der Waals surface area contributed by atoms with E-state index in [0.29, 0.717) is 0 Å². The molecule has 0 saturated heterocycles. The Kier molecular flexibility index (Phi) is 4.52. The van der Waals surface area contributed by atoms with Crippen molar-refractivity contribution in [2.75, 3.05) is 5.73 Å². The van der Waals surface area contributed by atoms with Gasteiger partial charge in [-0.2, -0.15) is 5.10 Å². The highest BCUT2D eigenvalue weighted by atomic mass is 16.3. The Labute approximate surface area is 70.8 Å². The third kappa shape index (κ3) is 2.61. The lowest BCUT2D eigenvalue weighted by molar-refractivity contribution is -0.122. The number of hydrogen-bond acceptors (Lipinski definition) is 3. The predicted octanol–water partition coefficient (Wildman–Crippen LogP) is 0.265. The lowest BCUT2D eigenvalue weighted by atomic mass is 10.3. The molecule has 5 heteroatoms. The fourth-order valence-corrected chi connectivity index (χ4v) is 0.765. The Morgan fingerprint density at radius 2 is 2.33 bits per heavy atom. The number of aryl methyl sites for hydroxylation is 2. The molecule has 0 fully saturated rings. The molecule has 0 aliphatic heterocycles. The van der Waals surface area contributed by atoms with Gasteiger partial charge in [0.05, 0.1) is 6.20 Å². The molecule has 1 heterocycles. The molecular weight excluding hydrogens is 158 g/mol. The van der Waals surface area contributed by atoms with Crippen LogP contribution < -0.4 is 5.73 Å². The van der Waals surface area contributed by atoms with Gasteiger partial charge in [0.15, 0.2) is 0 Å². The zero-order chi connectivity index (χ0) is 9.56. The molecular formula is C7H13N3O2. The first kappa shape index (κ1) is 10.5. The van der Waals surface area contributed by atoms with Crippen LogP contribution in [0.5, 0.6) is 0 Å². The minimum Gasteiger partial charge on any atom is -0.483 e. The van der Waals surface area contributed by atoms with Gasteiger partial charge in [-0.05, 0) is 6.42 Å². The molecule has 0 radical (unpaired) electrons. The summed E-state index contributed by atoms with van der Waals surface area (Å²) in [5.74, 6) is 0.775. The molecule has 0 saturated carbocycles. The zero-order valence-corrected chi connectivity index (χ0v) is 7.19. The number of hydrogen-bond donors (Lipinski definition) is 2. The molecule has 1 aromatic rings. The summed E-state index contributed by atoms with van der Waals surface area (Å²) in [7, 11) is 1.84. The van der Waals surface area contributed by atoms with Gasteiger partial charge in [0.1, 0.15) is 5.82 Å². The second kappa shape index (κ2) is 5.17. The van der Waals surface area contributed by atoms with Crippen LogP contribution in [0.15, 0.2) is 6.20 Å². The van der Waals surface area contributed by atoms with Crippen molar-refractivity contribution in [2.45, 2.75) is 13.3 Å². The lowest BCUT2D eigenvalue weighted by Gasteiger charge is -1.93. The van der Waals surface area contributed by atoms with E-state index >= 15 is 0 Å². The van der Waals surface area contributed by atoms with E-state index in [1.54, 1.807) is 10.9 Å². The number of nitrogens with zero attached hydrogens (tertiary/aromatic N) is 2. The number of carbonyl (C=O) groups is 1. The summed E-state index contributed by atoms with van der Waals surface area (Å²) in [4.78, 5) is 8.36. The van der Waals surface area contributed by atoms with E-state index in [1.807, 2.05) is 7.05 Å². The Balaban J connectivity index is 0.000000354. The van der Waals surface area contributed by atoms with E-state index in [2.05, 4.69) is 12.0 Å². The van der Waals surface area contributed by atoms with E-state index in [1.165, 1.54) is 0 Å². The topological polar surface area (TPSA) is 81.1 Å². The molecule has 0 unspecified atom stereocenters. The van der Waals surface area contributed by atoms with Gasteiger partial charge in [-0.1, -0.05) is 6.92 Å². The van der Waals surface area contributed by atoms with Crippen molar-refractivity contribution < 1.29 is 9.90 Å². The molecule has 0 aliphatic rings. The van der Waals surface area contributed by atoms with Crippen molar-refractivity contribution >= 4 is 12.3 Å². The maximum Gasteiger partial charge on any atom is 0.290 e. The number of carboxylic acid groups (broad SMARTS) is 1. The average Bonchev–Trinajstić information content (AvgIpc) is 2.35. The van der Waals surface area contributed by atoms with Crippen LogP contribution in [-0.4, -0.2) is 21.4 Å². The summed E-state index contributed by atoms with van der Waals surface area (Å²) in [6, 6.07) is 0. The quantitative estimate of drug-likeness (QED) is 0.594. The van der Waals surface area contributed by atoms with Gasteiger partial charge < -0.3 is 10.8 Å². The number of nitrogens with two attached hydrogens (primary N) is 1. The standard InChI is InChI=1S/C6H11N3.CH2O2/c1-3-5-4-8-9(2)6(5)7;2-1-3/h4H,3,7H2,1-2H3;1H,(H,2,3). The van der Waals surface area contributed by atoms with Gasteiger partial charge in [-0.25, -0.2) is 0 Å². The molecule has 5 nitrogen and oxygen atoms in total. The van der Waals surface area contributed by atoms with Crippen LogP contribution in [0.1, 0.15) is 12.5 Å². The van der Waals surface area contributed by atoms with Crippen molar-refractivity contribution in [3.63, 3.8) is 0 Å². The lowest BCUT2D eigenvalue weighted by Crippen LogP contribution is -1.98. The van der Waals surface area contributed by atoms with Gasteiger partial charge in [0.25, 0.3) is 6.47 Å². The largest absolute Gasteiger partial charge is 0.483 e. The normalized spacial score (nSPS) is 8.50. The molecule has 0 atom stereocenters. The van der Waals surface area contributed by atoms with E-state index in [-0.39, 0.29) is 6.47 Å². The first-order chi connectivity index (χ1) is 5.67. The fraction of sp³-hybridized carbons (Fsp3) is 0.429. The summed E-state index contributed by atoms with van der Waals surface area (Å²) in [6.07, 6.45) is 2.76. The minimum atomic E-state index is -0.250. The molecule has 0 amide bonds. The van der Waals surface area contributed by atoms with Gasteiger partial charge in [-0.15, -0.1) is 0 Å². The van der Waals surface area contributed by atoms with Gasteiger partial charge in [0.2, 0.25) is 0 Å². The van der Waals surface area contributed by atoms with Crippen LogP contribution in [0.4, 0.5) is 5.82 Å². The number of nitrogen functional groups attached to an aromatic ring is 1. The summed E-state index contributed by atoms with van der Waals surface area (Å²) >= 11 is 0. The predicted molar refractivity (Wildman–Crippen MR) is 45.7 cm³/mol. The second-order valence-corrected chi connectivity index (χ2v) is 2.14. The number of rotatable bonds is 1. The maximum absolute atomic E-state index is 8.36. The molecule has 3 N–H and O–H groups in total. The molecule has 0 spiro atoms. The maximum atomic E-state index is 8.36. The van der Waals surface area contributed by atoms with Gasteiger partial charge in [-0.3, -0.25) is 9.48 Å². The van der Waals surface area contributed by atoms with Crippen LogP contribution in [0.25, 0.3) is 0 Å². The van der Waals surface area contributed by atoms with Crippen molar-refractivity contribution in [3.05, 3.63) is 11.8 Å². The fourth-order valence-electron chi connectivity index (χ4n) is 0.765. The third-order valence-corrected chi connectivity index (χ3v) is 1.45. The molecule has 68 valence electrons. The van der Waals surface area contributed by atoms with E-state index in [9.17, 15) is 0 Å². The number of aromatic nitrogens is 2. The first-order valence-corrected chi connectivity index (χ1v) is 3.51. The zero-order valence-electron chi connectivity index (χ0n) is 7.19. The first-order valence-electron chi connectivity index (χ1n) is 3.51. The van der Waals surface area contributed by atoms with E-state index in [0.717, 1.165) is 17.8 Å². The third-order valence-electron chi connectivity index (χ3n) is 1.45. The van der Waals surface area contributed by atoms with E-state index in [4.69, 9.17) is 15.6 Å². The highest BCUT2D eigenvalue weighted by Crippen LogP contribution is 2.08. The average molecular weight is 171 g/mol. The summed E-state index contributed by atoms with van der Waals surface area (Å²) in [5, 5.41) is 10.9. The van der Waals surface area contributed by atoms with Gasteiger partial charge in [0, 0.05) is 12.6 Å². The SMILES string of the molecule is CCc1cnn(C)c1N.O=CO. The smallest absolute Gasteiger partial charge is 0.290 e. The minimum absolute atomic E-state index is 0.250. The molecule has 0 aliphatic carbocycles. The van der Waals surface area contributed by atoms with Gasteiger partial charge >= 0.3 is 0 Å². The monoisotopic (exact) mass is 171 g/mol. The molecule has 0 aromatic carbocycles. The second-order valence-electron chi connectivity index (χ2n) is 2.14. The van der Waals surface area contributed by atoms with Crippen molar-refractivity contribution in [1.82, 2.24) is 9.78 Å². The number of anilines is 1. The van der Waals surface area contributed by atoms with Crippen LogP contribution in [0.2, 0.25) is 0 Å². The van der Waals surface area contributed by atoms with Crippen LogP contribution >= 0.6 is 0 Å². The van der Waals surface area contributed by atoms with Crippen LogP contribution in [0.3, 0.4) is 0 Å². The molecule has 1 rings (SSSR count). The van der Waals surface area contributed by atoms with Crippen LogP contribution in [-0.2, 0) is 18.3 Å². The molecule has 1 aromatic heterocycles. The van der Waals surface area contributed by atoms with E-state index < -0.39 is 0 Å². The Hall–Kier alpha value is -1.52. The molecule has 12 heavy (non-hydrogen) atoms. The van der Waals surface area contributed by atoms with Crippen molar-refractivity contribution in [1.29, 1.82) is 0 Å². The molecule has 0 bridgehead atoms. The summed E-state index contributed by atoms with van der Waals surface area (Å²) < 4.78 is 1.68. The van der Waals surface area contributed by atoms with Crippen molar-refractivity contribution in [3.8, 4) is 0 Å². The Morgan fingerprint density at radius 1 is 1.83 bits per heavy atom. The highest BCUT2D eigenvalue weighted by molar-refractivity contribution is 5.37. The highest BCUT2D eigenvalue weighted by Gasteiger charge is 1.99. The van der Waals surface area contributed by atoms with Crippen LogP contribution in [0, 0.1) is 0 Å². The summed E-state index contributed by atoms with van der Waals surface area (Å²) in [5.41, 5.74) is 6.74. The Bertz CT molecular complexity index is 245. The summed E-state index contributed by atoms with van der Waals surface area (Å²) in [6.45, 7) is 1.81. The van der Waals surface area contributed by atoms with Crippen molar-refractivity contribution in [2.24, 2.45) is 7.05 Å².